The zero-order chi connectivity index (χ0) is 17.5. The predicted molar refractivity (Wildman–Crippen MR) is 96.0 cm³/mol. The average molecular weight is 444 g/mol. The van der Waals surface area contributed by atoms with Crippen molar-refractivity contribution in [1.82, 2.24) is 0 Å². The van der Waals surface area contributed by atoms with Crippen LogP contribution in [0.2, 0.25) is 0 Å². The van der Waals surface area contributed by atoms with Gasteiger partial charge in [0.15, 0.2) is 0 Å². The maximum absolute atomic E-state index is 13.1. The van der Waals surface area contributed by atoms with Crippen molar-refractivity contribution >= 4 is 11.6 Å². The van der Waals surface area contributed by atoms with Gasteiger partial charge in [-0.1, -0.05) is 39.5 Å². The highest BCUT2D eigenvalue weighted by molar-refractivity contribution is 6.04. The van der Waals surface area contributed by atoms with Crippen LogP contribution in [0.1, 0.15) is 17.3 Å². The molecule has 0 saturated carbocycles. The molecule has 25 heavy (non-hydrogen) atoms. The number of nitrogens with zero attached hydrogens (tertiary/aromatic N) is 1. The number of ether oxygens (including phenoxy) is 1. The number of hydrogen-bond acceptors (Lipinski definition) is 2. The molecule has 0 spiro atoms. The smallest absolute Gasteiger partial charge is 0.475 e. The molecule has 0 heterocycles. The Morgan fingerprint density at radius 3 is 2.08 bits per heavy atom. The van der Waals surface area contributed by atoms with Crippen molar-refractivity contribution in [2.45, 2.75) is 6.92 Å². The van der Waals surface area contributed by atoms with Crippen LogP contribution in [0, 0.1) is 3.57 Å². The van der Waals surface area contributed by atoms with Crippen LogP contribution in [-0.4, -0.2) is 12.5 Å². The van der Waals surface area contributed by atoms with E-state index in [9.17, 15) is 4.79 Å². The lowest BCUT2D eigenvalue weighted by atomic mass is 10.2. The van der Waals surface area contributed by atoms with E-state index in [2.05, 4.69) is 12.1 Å². The van der Waals surface area contributed by atoms with Crippen LogP contribution in [-0.2, 0) is 0 Å². The summed E-state index contributed by atoms with van der Waals surface area (Å²) in [5.41, 5.74) is 1.60. The first-order valence-electron chi connectivity index (χ1n) is 8.10. The average Bonchev–Trinajstić information content (AvgIpc) is 2.68. The summed E-state index contributed by atoms with van der Waals surface area (Å²) < 4.78 is 8.61. The first-order chi connectivity index (χ1) is 12.3. The van der Waals surface area contributed by atoms with Gasteiger partial charge in [-0.05, 0) is 55.5 Å². The van der Waals surface area contributed by atoms with Crippen LogP contribution in [0.3, 0.4) is 0 Å². The Morgan fingerprint density at radius 2 is 1.48 bits per heavy atom. The van der Waals surface area contributed by atoms with Crippen molar-refractivity contribution in [3.63, 3.8) is 0 Å². The lowest BCUT2D eigenvalue weighted by molar-refractivity contribution is -0.628. The number of hydrogen-bond donors (Lipinski definition) is 0. The molecule has 0 radical (unpaired) electrons. The second-order valence-corrected chi connectivity index (χ2v) is 7.95. The van der Waals surface area contributed by atoms with E-state index in [1.54, 1.807) is 0 Å². The highest BCUT2D eigenvalue weighted by Gasteiger charge is 2.32. The van der Waals surface area contributed by atoms with Gasteiger partial charge in [-0.2, -0.15) is 0 Å². The molecular formula is C21H19INO2+. The minimum Gasteiger partial charge on any atom is -0.494 e. The van der Waals surface area contributed by atoms with E-state index in [4.69, 9.17) is 4.74 Å². The molecule has 0 unspecified atom stereocenters. The highest BCUT2D eigenvalue weighted by atomic mass is 127. The molecule has 0 bridgehead atoms. The summed E-state index contributed by atoms with van der Waals surface area (Å²) in [6.07, 6.45) is 0. The minimum absolute atomic E-state index is 0.0291. The van der Waals surface area contributed by atoms with E-state index in [-0.39, 0.29) is 5.91 Å². The Kier molecular flexibility index (Phi) is 6.06. The van der Waals surface area contributed by atoms with Gasteiger partial charge in [-0.25, -0.2) is 0 Å². The van der Waals surface area contributed by atoms with Crippen molar-refractivity contribution in [1.29, 1.82) is 0 Å². The van der Waals surface area contributed by atoms with Gasteiger partial charge in [-0.15, -0.1) is 0 Å². The van der Waals surface area contributed by atoms with Crippen LogP contribution in [0.25, 0.3) is 0 Å². The topological polar surface area (TPSA) is 29.5 Å². The van der Waals surface area contributed by atoms with Crippen LogP contribution in [0.4, 0.5) is 5.69 Å². The summed E-state index contributed by atoms with van der Waals surface area (Å²) in [7, 11) is 0. The molecule has 0 fully saturated rings. The molecule has 0 aromatic heterocycles. The third-order valence-corrected chi connectivity index (χ3v) is 6.24. The molecule has 0 atom stereocenters. The molecule has 3 nitrogen and oxygen atoms in total. The molecule has 0 saturated heterocycles. The number of halogens is 1. The van der Waals surface area contributed by atoms with Gasteiger partial charge in [0.05, 0.1) is 12.3 Å². The third-order valence-electron chi connectivity index (χ3n) is 3.49. The van der Waals surface area contributed by atoms with Gasteiger partial charge in [-0.3, -0.25) is 4.79 Å². The fourth-order valence-corrected chi connectivity index (χ4v) is 4.70. The van der Waals surface area contributed by atoms with E-state index in [0.29, 0.717) is 12.2 Å². The molecule has 3 rings (SSSR count). The van der Waals surface area contributed by atoms with Crippen LogP contribution in [0.5, 0.6) is 5.75 Å². The molecule has 0 aliphatic rings. The Morgan fingerprint density at radius 1 is 0.880 bits per heavy atom. The Balaban J connectivity index is 1.92. The zero-order valence-corrected chi connectivity index (χ0v) is 16.1. The standard InChI is InChI=1S/C21H19INO2/c1-2-25-20-15-13-19(14-16-20)23(22-18-11-7-4-8-12-18)21(24)17-9-5-3-6-10-17/h3-16H,2H2,1H3/q+1. The van der Waals surface area contributed by atoms with Gasteiger partial charge in [0.1, 0.15) is 5.75 Å². The summed E-state index contributed by atoms with van der Waals surface area (Å²) >= 11 is -0.659. The number of amides is 1. The zero-order valence-electron chi connectivity index (χ0n) is 13.9. The summed E-state index contributed by atoms with van der Waals surface area (Å²) in [4.78, 5) is 13.1. The summed E-state index contributed by atoms with van der Waals surface area (Å²) in [5, 5.41) is 0. The molecule has 0 aliphatic carbocycles. The number of carbonyl (C=O) groups excluding carboxylic acids is 1. The Bertz CT molecular complexity index is 804. The number of benzene rings is 3. The maximum Gasteiger partial charge on any atom is 0.475 e. The van der Waals surface area contributed by atoms with Crippen molar-refractivity contribution in [2.24, 2.45) is 0 Å². The molecule has 0 N–H and O–H groups in total. The molecule has 1 amide bonds. The number of carbonyl (C=O) groups is 1. The van der Waals surface area contributed by atoms with Gasteiger partial charge in [0, 0.05) is 5.56 Å². The Labute approximate surface area is 158 Å². The Hall–Kier alpha value is -2.34. The molecule has 0 aliphatic heterocycles. The van der Waals surface area contributed by atoms with Crippen molar-refractivity contribution in [2.75, 3.05) is 9.72 Å². The molecule has 3 aromatic rings. The van der Waals surface area contributed by atoms with Gasteiger partial charge in [0.2, 0.25) is 3.57 Å². The van der Waals surface area contributed by atoms with Crippen LogP contribution < -0.4 is 29.3 Å². The first kappa shape index (κ1) is 17.5. The van der Waals surface area contributed by atoms with Crippen molar-refractivity contribution < 1.29 is 31.0 Å². The van der Waals surface area contributed by atoms with E-state index >= 15 is 0 Å². The van der Waals surface area contributed by atoms with E-state index in [0.717, 1.165) is 11.4 Å². The highest BCUT2D eigenvalue weighted by Crippen LogP contribution is 2.18. The quantitative estimate of drug-likeness (QED) is 0.427. The predicted octanol–water partition coefficient (Wildman–Crippen LogP) is 1.61. The lowest BCUT2D eigenvalue weighted by Crippen LogP contribution is -3.68. The number of rotatable bonds is 6. The van der Waals surface area contributed by atoms with Crippen LogP contribution >= 0.6 is 0 Å². The second kappa shape index (κ2) is 8.67. The molecule has 3 aromatic carbocycles. The van der Waals surface area contributed by atoms with Gasteiger partial charge < -0.3 is 4.74 Å². The minimum atomic E-state index is -0.659. The summed E-state index contributed by atoms with van der Waals surface area (Å²) in [6.45, 7) is 2.59. The summed E-state index contributed by atoms with van der Waals surface area (Å²) in [5.74, 6) is 0.845. The van der Waals surface area contributed by atoms with E-state index in [1.807, 2.05) is 82.8 Å². The molecule has 4 heteroatoms. The number of anilines is 1. The fraction of sp³-hybridized carbons (Fsp3) is 0.0952. The fourth-order valence-electron chi connectivity index (χ4n) is 2.31. The normalized spacial score (nSPS) is 10.3. The molecular weight excluding hydrogens is 425 g/mol. The van der Waals surface area contributed by atoms with E-state index in [1.165, 1.54) is 3.57 Å². The lowest BCUT2D eigenvalue weighted by Gasteiger charge is -2.11. The van der Waals surface area contributed by atoms with Gasteiger partial charge >= 0.3 is 21.5 Å². The SMILES string of the molecule is CCOc1ccc(N([I+]c2ccccc2)C(=O)c2ccccc2)cc1. The summed E-state index contributed by atoms with van der Waals surface area (Å²) in [6, 6.07) is 27.3. The maximum atomic E-state index is 13.1. The van der Waals surface area contributed by atoms with Crippen LogP contribution in [0.15, 0.2) is 84.9 Å². The molecule has 126 valence electrons. The van der Waals surface area contributed by atoms with Crippen molar-refractivity contribution in [3.8, 4) is 5.75 Å². The second-order valence-electron chi connectivity index (χ2n) is 5.26. The first-order valence-corrected chi connectivity index (χ1v) is 10.1. The van der Waals surface area contributed by atoms with Crippen molar-refractivity contribution in [3.05, 3.63) is 94.1 Å². The largest absolute Gasteiger partial charge is 0.494 e. The van der Waals surface area contributed by atoms with Gasteiger partial charge in [0.25, 0.3) is 5.91 Å². The van der Waals surface area contributed by atoms with E-state index < -0.39 is 21.5 Å². The third kappa shape index (κ3) is 4.60. The monoisotopic (exact) mass is 444 g/mol.